The molecule has 0 aliphatic heterocycles. The van der Waals surface area contributed by atoms with Gasteiger partial charge in [0, 0.05) is 12.7 Å². The van der Waals surface area contributed by atoms with Gasteiger partial charge in [0.1, 0.15) is 6.04 Å². The Bertz CT molecular complexity index is 443. The summed E-state index contributed by atoms with van der Waals surface area (Å²) in [5.74, 6) is -0.264. The van der Waals surface area contributed by atoms with Crippen LogP contribution in [0.3, 0.4) is 0 Å². The van der Waals surface area contributed by atoms with Gasteiger partial charge < -0.3 is 21.1 Å². The van der Waals surface area contributed by atoms with Crippen LogP contribution in [0.5, 0.6) is 0 Å². The third kappa shape index (κ3) is 4.59. The summed E-state index contributed by atoms with van der Waals surface area (Å²) >= 11 is 0. The summed E-state index contributed by atoms with van der Waals surface area (Å²) in [6, 6.07) is 5.76. The largest absolute Gasteiger partial charge is 0.389 e. The summed E-state index contributed by atoms with van der Waals surface area (Å²) in [7, 11) is 1.51. The first kappa shape index (κ1) is 15.0. The Balaban J connectivity index is 2.55. The summed E-state index contributed by atoms with van der Waals surface area (Å²) in [4.78, 5) is 22.8. The van der Waals surface area contributed by atoms with E-state index in [-0.39, 0.29) is 5.91 Å². The molecule has 0 fully saturated rings. The van der Waals surface area contributed by atoms with Crippen LogP contribution in [-0.4, -0.2) is 30.1 Å². The van der Waals surface area contributed by atoms with E-state index in [1.54, 1.807) is 38.1 Å². The topological polar surface area (TPSA) is 90.5 Å². The molecule has 0 saturated carbocycles. The molecule has 1 rings (SSSR count). The second kappa shape index (κ2) is 6.75. The molecule has 0 radical (unpaired) electrons. The molecule has 104 valence electrons. The third-order valence-corrected chi connectivity index (χ3v) is 2.64. The minimum absolute atomic E-state index is 0.264. The van der Waals surface area contributed by atoms with Crippen LogP contribution >= 0.6 is 0 Å². The van der Waals surface area contributed by atoms with Gasteiger partial charge in [0.2, 0.25) is 5.91 Å². The number of likely N-dealkylation sites (N-methyl/N-ethyl adjacent to an activating group) is 1. The summed E-state index contributed by atoms with van der Waals surface area (Å²) in [6.07, 6.45) is -0.545. The number of carbonyl (C=O) groups is 2. The van der Waals surface area contributed by atoms with Crippen molar-refractivity contribution in [2.75, 3.05) is 12.4 Å². The van der Waals surface area contributed by atoms with Crippen LogP contribution in [0.1, 0.15) is 25.5 Å². The summed E-state index contributed by atoms with van der Waals surface area (Å²) < 4.78 is 0. The number of benzene rings is 1. The van der Waals surface area contributed by atoms with E-state index in [4.69, 9.17) is 0 Å². The van der Waals surface area contributed by atoms with E-state index >= 15 is 0 Å². The number of amides is 3. The number of urea groups is 1. The van der Waals surface area contributed by atoms with Gasteiger partial charge in [-0.25, -0.2) is 4.79 Å². The van der Waals surface area contributed by atoms with Gasteiger partial charge in [-0.15, -0.1) is 0 Å². The highest BCUT2D eigenvalue weighted by Crippen LogP contribution is 2.15. The van der Waals surface area contributed by atoms with Gasteiger partial charge in [0.15, 0.2) is 0 Å². The number of carbonyl (C=O) groups excluding carboxylic acids is 2. The van der Waals surface area contributed by atoms with Crippen molar-refractivity contribution in [2.45, 2.75) is 26.0 Å². The van der Waals surface area contributed by atoms with E-state index in [2.05, 4.69) is 16.0 Å². The minimum atomic E-state index is -0.610. The van der Waals surface area contributed by atoms with E-state index in [0.717, 1.165) is 5.56 Å². The molecular weight excluding hydrogens is 246 g/mol. The van der Waals surface area contributed by atoms with Crippen molar-refractivity contribution in [1.82, 2.24) is 10.6 Å². The molecule has 0 aliphatic rings. The Hall–Kier alpha value is -2.08. The molecule has 3 amide bonds. The maximum absolute atomic E-state index is 11.6. The highest BCUT2D eigenvalue weighted by atomic mass is 16.3. The average molecular weight is 265 g/mol. The highest BCUT2D eigenvalue weighted by molar-refractivity contribution is 5.93. The number of aliphatic hydroxyl groups is 1. The van der Waals surface area contributed by atoms with Crippen molar-refractivity contribution in [2.24, 2.45) is 0 Å². The zero-order valence-corrected chi connectivity index (χ0v) is 11.2. The third-order valence-electron chi connectivity index (χ3n) is 2.64. The van der Waals surface area contributed by atoms with Crippen molar-refractivity contribution in [3.8, 4) is 0 Å². The van der Waals surface area contributed by atoms with Crippen molar-refractivity contribution in [3.05, 3.63) is 29.8 Å². The Morgan fingerprint density at radius 3 is 2.21 bits per heavy atom. The van der Waals surface area contributed by atoms with E-state index < -0.39 is 18.2 Å². The van der Waals surface area contributed by atoms with Crippen LogP contribution in [0.4, 0.5) is 10.5 Å². The van der Waals surface area contributed by atoms with E-state index in [0.29, 0.717) is 5.69 Å². The Kier molecular flexibility index (Phi) is 5.32. The number of hydrogen-bond acceptors (Lipinski definition) is 3. The van der Waals surface area contributed by atoms with Crippen LogP contribution in [-0.2, 0) is 4.79 Å². The molecule has 0 bridgehead atoms. The Morgan fingerprint density at radius 1 is 1.16 bits per heavy atom. The summed E-state index contributed by atoms with van der Waals surface area (Å²) in [5.41, 5.74) is 1.36. The second-order valence-electron chi connectivity index (χ2n) is 4.23. The standard InChI is InChI=1S/C13H19N3O3/c1-8(12(18)14-3)15-13(19)16-11-6-4-10(5-7-11)9(2)17/h4-9,17H,1-3H3,(H,14,18)(H2,15,16,19). The lowest BCUT2D eigenvalue weighted by Gasteiger charge is -2.13. The molecule has 1 aromatic carbocycles. The van der Waals surface area contributed by atoms with Gasteiger partial charge in [-0.2, -0.15) is 0 Å². The highest BCUT2D eigenvalue weighted by Gasteiger charge is 2.13. The quantitative estimate of drug-likeness (QED) is 0.654. The lowest BCUT2D eigenvalue weighted by molar-refractivity contribution is -0.122. The smallest absolute Gasteiger partial charge is 0.319 e. The molecular formula is C13H19N3O3. The molecule has 0 aromatic heterocycles. The zero-order valence-electron chi connectivity index (χ0n) is 11.2. The van der Waals surface area contributed by atoms with Crippen molar-refractivity contribution in [1.29, 1.82) is 0 Å². The number of aliphatic hydroxyl groups excluding tert-OH is 1. The first-order valence-corrected chi connectivity index (χ1v) is 6.01. The zero-order chi connectivity index (χ0) is 14.4. The molecule has 0 spiro atoms. The first-order chi connectivity index (χ1) is 8.93. The van der Waals surface area contributed by atoms with Crippen LogP contribution < -0.4 is 16.0 Å². The molecule has 4 N–H and O–H groups in total. The molecule has 0 heterocycles. The minimum Gasteiger partial charge on any atom is -0.389 e. The molecule has 1 aromatic rings. The van der Waals surface area contributed by atoms with E-state index in [9.17, 15) is 14.7 Å². The maximum Gasteiger partial charge on any atom is 0.319 e. The number of hydrogen-bond donors (Lipinski definition) is 4. The molecule has 2 atom stereocenters. The summed E-state index contributed by atoms with van der Waals surface area (Å²) in [5, 5.41) is 16.9. The van der Waals surface area contributed by atoms with Crippen LogP contribution in [0.2, 0.25) is 0 Å². The Labute approximate surface area is 112 Å². The molecule has 6 nitrogen and oxygen atoms in total. The van der Waals surface area contributed by atoms with Gasteiger partial charge in [-0.05, 0) is 31.5 Å². The van der Waals surface area contributed by atoms with Gasteiger partial charge in [-0.1, -0.05) is 12.1 Å². The van der Waals surface area contributed by atoms with Crippen molar-refractivity contribution < 1.29 is 14.7 Å². The van der Waals surface area contributed by atoms with Crippen LogP contribution in [0.15, 0.2) is 24.3 Å². The fourth-order valence-electron chi connectivity index (χ4n) is 1.49. The van der Waals surface area contributed by atoms with Crippen LogP contribution in [0, 0.1) is 0 Å². The fourth-order valence-corrected chi connectivity index (χ4v) is 1.49. The van der Waals surface area contributed by atoms with Gasteiger partial charge in [0.05, 0.1) is 6.10 Å². The number of anilines is 1. The van der Waals surface area contributed by atoms with Gasteiger partial charge in [-0.3, -0.25) is 4.79 Å². The molecule has 0 aliphatic carbocycles. The fraction of sp³-hybridized carbons (Fsp3) is 0.385. The average Bonchev–Trinajstić information content (AvgIpc) is 2.38. The predicted molar refractivity (Wildman–Crippen MR) is 72.8 cm³/mol. The lowest BCUT2D eigenvalue weighted by Crippen LogP contribution is -2.45. The Morgan fingerprint density at radius 2 is 1.74 bits per heavy atom. The first-order valence-electron chi connectivity index (χ1n) is 6.01. The van der Waals surface area contributed by atoms with Crippen LogP contribution in [0.25, 0.3) is 0 Å². The normalized spacial score (nSPS) is 13.3. The van der Waals surface area contributed by atoms with Crippen molar-refractivity contribution in [3.63, 3.8) is 0 Å². The predicted octanol–water partition coefficient (Wildman–Crippen LogP) is 0.996. The monoisotopic (exact) mass is 265 g/mol. The maximum atomic E-state index is 11.6. The van der Waals surface area contributed by atoms with E-state index in [1.165, 1.54) is 7.05 Å². The lowest BCUT2D eigenvalue weighted by atomic mass is 10.1. The van der Waals surface area contributed by atoms with Gasteiger partial charge >= 0.3 is 6.03 Å². The van der Waals surface area contributed by atoms with Gasteiger partial charge in [0.25, 0.3) is 0 Å². The number of rotatable bonds is 4. The molecule has 6 heteroatoms. The van der Waals surface area contributed by atoms with Crippen molar-refractivity contribution >= 4 is 17.6 Å². The molecule has 2 unspecified atom stereocenters. The molecule has 0 saturated heterocycles. The van der Waals surface area contributed by atoms with E-state index in [1.807, 2.05) is 0 Å². The second-order valence-corrected chi connectivity index (χ2v) is 4.23. The molecule has 19 heavy (non-hydrogen) atoms. The number of nitrogens with one attached hydrogen (secondary N) is 3. The summed E-state index contributed by atoms with van der Waals surface area (Å²) in [6.45, 7) is 3.26. The SMILES string of the molecule is CNC(=O)C(C)NC(=O)Nc1ccc(C(C)O)cc1.